The molecule has 0 atom stereocenters. The Morgan fingerprint density at radius 3 is 2.56 bits per heavy atom. The number of carbonyl (C=O) groups is 1. The minimum absolute atomic E-state index is 0.00669. The first-order chi connectivity index (χ1) is 7.67. The van der Waals surface area contributed by atoms with Crippen LogP contribution >= 0.6 is 0 Å². The zero-order valence-electron chi connectivity index (χ0n) is 9.78. The highest BCUT2D eigenvalue weighted by molar-refractivity contribution is 5.81. The lowest BCUT2D eigenvalue weighted by Gasteiger charge is -2.10. The lowest BCUT2D eigenvalue weighted by molar-refractivity contribution is -0.124. The van der Waals surface area contributed by atoms with E-state index in [1.807, 2.05) is 19.1 Å². The number of methoxy groups -OCH3 is 2. The second-order valence-corrected chi connectivity index (χ2v) is 3.41. The number of hydrogen-bond donors (Lipinski definition) is 0. The Morgan fingerprint density at radius 2 is 1.94 bits per heavy atom. The van der Waals surface area contributed by atoms with Crippen LogP contribution in [-0.4, -0.2) is 33.2 Å². The fourth-order valence-electron chi connectivity index (χ4n) is 1.25. The predicted octanol–water partition coefficient (Wildman–Crippen LogP) is 1.60. The fourth-order valence-corrected chi connectivity index (χ4v) is 1.25. The normalized spacial score (nSPS) is 9.94. The summed E-state index contributed by atoms with van der Waals surface area (Å²) in [6.45, 7) is 2.02. The van der Waals surface area contributed by atoms with Gasteiger partial charge in [0, 0.05) is 7.11 Å². The van der Waals surface area contributed by atoms with Crippen molar-refractivity contribution in [1.82, 2.24) is 0 Å². The van der Waals surface area contributed by atoms with Gasteiger partial charge in [0.15, 0.2) is 17.3 Å². The van der Waals surface area contributed by atoms with E-state index in [-0.39, 0.29) is 19.0 Å². The highest BCUT2D eigenvalue weighted by Crippen LogP contribution is 2.27. The van der Waals surface area contributed by atoms with E-state index in [1.54, 1.807) is 13.2 Å². The van der Waals surface area contributed by atoms with Gasteiger partial charge in [0.05, 0.1) is 7.11 Å². The number of hydrogen-bond acceptors (Lipinski definition) is 4. The molecule has 88 valence electrons. The minimum Gasteiger partial charge on any atom is -0.493 e. The van der Waals surface area contributed by atoms with Gasteiger partial charge in [0.25, 0.3) is 0 Å². The van der Waals surface area contributed by atoms with Crippen LogP contribution in [0.25, 0.3) is 0 Å². The molecule has 0 aromatic heterocycles. The van der Waals surface area contributed by atoms with Crippen molar-refractivity contribution in [3.63, 3.8) is 0 Å². The molecule has 0 unspecified atom stereocenters. The van der Waals surface area contributed by atoms with Crippen LogP contribution in [0.1, 0.15) is 5.56 Å². The Morgan fingerprint density at radius 1 is 1.19 bits per heavy atom. The van der Waals surface area contributed by atoms with Gasteiger partial charge in [-0.25, -0.2) is 0 Å². The van der Waals surface area contributed by atoms with Gasteiger partial charge in [0.2, 0.25) is 0 Å². The van der Waals surface area contributed by atoms with Gasteiger partial charge in [-0.05, 0) is 24.6 Å². The van der Waals surface area contributed by atoms with Crippen molar-refractivity contribution in [3.8, 4) is 11.5 Å². The lowest BCUT2D eigenvalue weighted by Crippen LogP contribution is -2.16. The zero-order valence-corrected chi connectivity index (χ0v) is 9.78. The number of benzene rings is 1. The van der Waals surface area contributed by atoms with Crippen LogP contribution in [0.3, 0.4) is 0 Å². The van der Waals surface area contributed by atoms with Crippen molar-refractivity contribution in [3.05, 3.63) is 23.8 Å². The number of Topliss-reactive ketones (excluding diaryl/α,β-unsaturated/α-hetero) is 1. The van der Waals surface area contributed by atoms with E-state index >= 15 is 0 Å². The van der Waals surface area contributed by atoms with Gasteiger partial charge in [-0.1, -0.05) is 6.07 Å². The first-order valence-electron chi connectivity index (χ1n) is 4.95. The fraction of sp³-hybridized carbons (Fsp3) is 0.417. The van der Waals surface area contributed by atoms with Gasteiger partial charge in [-0.3, -0.25) is 4.79 Å². The quantitative estimate of drug-likeness (QED) is 0.736. The average molecular weight is 224 g/mol. The second-order valence-electron chi connectivity index (χ2n) is 3.41. The molecule has 1 aromatic carbocycles. The molecule has 0 amide bonds. The first-order valence-corrected chi connectivity index (χ1v) is 4.95. The molecular formula is C12H16O4. The van der Waals surface area contributed by atoms with E-state index in [9.17, 15) is 4.79 Å². The molecule has 0 aliphatic rings. The maximum absolute atomic E-state index is 11.2. The topological polar surface area (TPSA) is 44.8 Å². The second kappa shape index (κ2) is 6.12. The van der Waals surface area contributed by atoms with Crippen LogP contribution in [0.4, 0.5) is 0 Å². The van der Waals surface area contributed by atoms with Gasteiger partial charge in [-0.15, -0.1) is 0 Å². The van der Waals surface area contributed by atoms with Gasteiger partial charge in [0.1, 0.15) is 13.2 Å². The maximum atomic E-state index is 11.2. The highest BCUT2D eigenvalue weighted by atomic mass is 16.5. The van der Waals surface area contributed by atoms with E-state index in [0.29, 0.717) is 11.5 Å². The first kappa shape index (κ1) is 12.5. The Balaban J connectivity index is 2.63. The zero-order chi connectivity index (χ0) is 12.0. The Hall–Kier alpha value is -1.55. The van der Waals surface area contributed by atoms with Crippen molar-refractivity contribution >= 4 is 5.78 Å². The van der Waals surface area contributed by atoms with Crippen LogP contribution in [-0.2, 0) is 9.53 Å². The molecule has 0 saturated carbocycles. The molecule has 0 heterocycles. The average Bonchev–Trinajstić information content (AvgIpc) is 2.27. The minimum atomic E-state index is -0.106. The standard InChI is InChI=1S/C12H16O4/c1-9-4-5-11(12(6-9)15-3)16-8-10(13)7-14-2/h4-6H,7-8H2,1-3H3. The number of ketones is 1. The molecule has 0 N–H and O–H groups in total. The van der Waals surface area contributed by atoms with Crippen LogP contribution in [0.5, 0.6) is 11.5 Å². The largest absolute Gasteiger partial charge is 0.493 e. The highest BCUT2D eigenvalue weighted by Gasteiger charge is 2.07. The van der Waals surface area contributed by atoms with Gasteiger partial charge >= 0.3 is 0 Å². The van der Waals surface area contributed by atoms with E-state index in [1.165, 1.54) is 7.11 Å². The Labute approximate surface area is 95.1 Å². The molecule has 4 heteroatoms. The summed E-state index contributed by atoms with van der Waals surface area (Å²) in [4.78, 5) is 11.2. The third kappa shape index (κ3) is 3.55. The monoisotopic (exact) mass is 224 g/mol. The molecule has 16 heavy (non-hydrogen) atoms. The summed E-state index contributed by atoms with van der Waals surface area (Å²) in [5.41, 5.74) is 1.08. The summed E-state index contributed by atoms with van der Waals surface area (Å²) >= 11 is 0. The van der Waals surface area contributed by atoms with E-state index in [4.69, 9.17) is 14.2 Å². The van der Waals surface area contributed by atoms with Crippen LogP contribution in [0.2, 0.25) is 0 Å². The smallest absolute Gasteiger partial charge is 0.195 e. The molecule has 0 radical (unpaired) electrons. The maximum Gasteiger partial charge on any atom is 0.195 e. The third-order valence-electron chi connectivity index (χ3n) is 2.01. The number of rotatable bonds is 6. The third-order valence-corrected chi connectivity index (χ3v) is 2.01. The molecule has 0 aliphatic carbocycles. The molecule has 4 nitrogen and oxygen atoms in total. The number of ether oxygens (including phenoxy) is 3. The van der Waals surface area contributed by atoms with Crippen LogP contribution in [0.15, 0.2) is 18.2 Å². The number of aryl methyl sites for hydroxylation is 1. The summed E-state index contributed by atoms with van der Waals surface area (Å²) in [7, 11) is 3.04. The summed E-state index contributed by atoms with van der Waals surface area (Å²) in [5, 5.41) is 0. The summed E-state index contributed by atoms with van der Waals surface area (Å²) in [6, 6.07) is 5.54. The van der Waals surface area contributed by atoms with Crippen molar-refractivity contribution < 1.29 is 19.0 Å². The van der Waals surface area contributed by atoms with Crippen molar-refractivity contribution in [2.24, 2.45) is 0 Å². The van der Waals surface area contributed by atoms with Crippen molar-refractivity contribution in [2.45, 2.75) is 6.92 Å². The van der Waals surface area contributed by atoms with Crippen molar-refractivity contribution in [1.29, 1.82) is 0 Å². The number of carbonyl (C=O) groups excluding carboxylic acids is 1. The van der Waals surface area contributed by atoms with Crippen molar-refractivity contribution in [2.75, 3.05) is 27.4 Å². The Kier molecular flexibility index (Phi) is 4.79. The van der Waals surface area contributed by atoms with Crippen LogP contribution < -0.4 is 9.47 Å². The molecular weight excluding hydrogens is 208 g/mol. The molecule has 0 saturated heterocycles. The van der Waals surface area contributed by atoms with E-state index in [0.717, 1.165) is 5.56 Å². The predicted molar refractivity (Wildman–Crippen MR) is 60.1 cm³/mol. The van der Waals surface area contributed by atoms with E-state index < -0.39 is 0 Å². The summed E-state index contributed by atoms with van der Waals surface area (Å²) < 4.78 is 15.2. The molecule has 0 spiro atoms. The SMILES string of the molecule is COCC(=O)COc1ccc(C)cc1OC. The summed E-state index contributed by atoms with van der Waals surface area (Å²) in [5.74, 6) is 1.09. The van der Waals surface area contributed by atoms with E-state index in [2.05, 4.69) is 0 Å². The van der Waals surface area contributed by atoms with Gasteiger partial charge < -0.3 is 14.2 Å². The molecule has 0 aliphatic heterocycles. The molecule has 0 bridgehead atoms. The Bertz CT molecular complexity index is 360. The summed E-state index contributed by atoms with van der Waals surface area (Å²) in [6.07, 6.45) is 0. The lowest BCUT2D eigenvalue weighted by atomic mass is 10.2. The van der Waals surface area contributed by atoms with Crippen LogP contribution in [0, 0.1) is 6.92 Å². The molecule has 0 fully saturated rings. The molecule has 1 aromatic rings. The van der Waals surface area contributed by atoms with Gasteiger partial charge in [-0.2, -0.15) is 0 Å². The molecule has 1 rings (SSSR count).